The fourth-order valence-corrected chi connectivity index (χ4v) is 4.02. The lowest BCUT2D eigenvalue weighted by Gasteiger charge is -2.36. The van der Waals surface area contributed by atoms with Gasteiger partial charge in [-0.1, -0.05) is 37.5 Å². The van der Waals surface area contributed by atoms with Crippen LogP contribution in [0, 0.1) is 0 Å². The number of hydrogen-bond acceptors (Lipinski definition) is 3. The van der Waals surface area contributed by atoms with Gasteiger partial charge in [-0.2, -0.15) is 0 Å². The van der Waals surface area contributed by atoms with Crippen LogP contribution >= 0.6 is 24.8 Å². The predicted octanol–water partition coefficient (Wildman–Crippen LogP) is 3.75. The van der Waals surface area contributed by atoms with Crippen LogP contribution in [-0.2, 0) is 11.3 Å². The summed E-state index contributed by atoms with van der Waals surface area (Å²) in [6.07, 6.45) is 7.51. The molecular formula is C19H31Cl2N3O. The summed E-state index contributed by atoms with van der Waals surface area (Å²) in [5.74, 6) is 0.105. The molecule has 2 fully saturated rings. The molecule has 2 aliphatic rings. The van der Waals surface area contributed by atoms with E-state index in [0.717, 1.165) is 38.8 Å². The lowest BCUT2D eigenvalue weighted by atomic mass is 9.81. The van der Waals surface area contributed by atoms with Crippen LogP contribution in [-0.4, -0.2) is 36.5 Å². The highest BCUT2D eigenvalue weighted by Crippen LogP contribution is 2.29. The summed E-state index contributed by atoms with van der Waals surface area (Å²) in [5.41, 5.74) is 8.28. The molecule has 1 aliphatic heterocycles. The Morgan fingerprint density at radius 1 is 1.08 bits per heavy atom. The molecule has 1 amide bonds. The molecule has 142 valence electrons. The topological polar surface area (TPSA) is 49.6 Å². The molecule has 25 heavy (non-hydrogen) atoms. The third kappa shape index (κ3) is 5.02. The summed E-state index contributed by atoms with van der Waals surface area (Å²) in [4.78, 5) is 17.1. The van der Waals surface area contributed by atoms with Gasteiger partial charge >= 0.3 is 0 Å². The van der Waals surface area contributed by atoms with Gasteiger partial charge in [0.1, 0.15) is 0 Å². The van der Waals surface area contributed by atoms with E-state index in [-0.39, 0.29) is 30.7 Å². The quantitative estimate of drug-likeness (QED) is 0.855. The number of anilines is 1. The second-order valence-corrected chi connectivity index (χ2v) is 7.20. The van der Waals surface area contributed by atoms with Gasteiger partial charge < -0.3 is 15.5 Å². The number of halogens is 2. The highest BCUT2D eigenvalue weighted by atomic mass is 35.5. The van der Waals surface area contributed by atoms with Crippen LogP contribution in [0.2, 0.25) is 0 Å². The number of para-hydroxylation sites is 1. The number of amides is 1. The van der Waals surface area contributed by atoms with Gasteiger partial charge in [-0.05, 0) is 37.3 Å². The summed E-state index contributed by atoms with van der Waals surface area (Å²) in [6.45, 7) is 2.88. The average molecular weight is 388 g/mol. The highest BCUT2D eigenvalue weighted by molar-refractivity contribution is 5.86. The minimum Gasteiger partial charge on any atom is -0.371 e. The maximum atomic E-state index is 12.8. The first-order valence-corrected chi connectivity index (χ1v) is 8.97. The normalized spacial score (nSPS) is 18.9. The first-order chi connectivity index (χ1) is 11.1. The molecule has 1 aliphatic carbocycles. The molecule has 0 spiro atoms. The molecule has 0 radical (unpaired) electrons. The number of nitrogens with zero attached hydrogens (tertiary/aromatic N) is 2. The number of carbonyl (C=O) groups excluding carboxylic acids is 1. The largest absolute Gasteiger partial charge is 0.371 e. The van der Waals surface area contributed by atoms with E-state index in [4.69, 9.17) is 5.73 Å². The number of rotatable bonds is 4. The molecule has 2 N–H and O–H groups in total. The van der Waals surface area contributed by atoms with Crippen molar-refractivity contribution >= 4 is 36.4 Å². The van der Waals surface area contributed by atoms with E-state index < -0.39 is 5.54 Å². The fraction of sp³-hybridized carbons (Fsp3) is 0.632. The number of likely N-dealkylation sites (N-methyl/N-ethyl adjacent to an activating group) is 1. The van der Waals surface area contributed by atoms with Crippen molar-refractivity contribution < 1.29 is 4.79 Å². The minimum absolute atomic E-state index is 0. The summed E-state index contributed by atoms with van der Waals surface area (Å²) in [6, 6.07) is 8.47. The van der Waals surface area contributed by atoms with E-state index >= 15 is 0 Å². The summed E-state index contributed by atoms with van der Waals surface area (Å²) >= 11 is 0. The molecule has 0 unspecified atom stereocenters. The van der Waals surface area contributed by atoms with E-state index in [0.29, 0.717) is 6.54 Å². The predicted molar refractivity (Wildman–Crippen MR) is 109 cm³/mol. The van der Waals surface area contributed by atoms with Crippen molar-refractivity contribution in [3.63, 3.8) is 0 Å². The fourth-order valence-electron chi connectivity index (χ4n) is 4.02. The second kappa shape index (κ2) is 9.65. The third-order valence-electron chi connectivity index (χ3n) is 5.36. The monoisotopic (exact) mass is 387 g/mol. The maximum absolute atomic E-state index is 12.8. The Morgan fingerprint density at radius 2 is 1.68 bits per heavy atom. The van der Waals surface area contributed by atoms with E-state index in [1.54, 1.807) is 0 Å². The van der Waals surface area contributed by atoms with Crippen LogP contribution in [0.25, 0.3) is 0 Å². The SMILES string of the molecule is CN(Cc1ccccc1N1CCCC1)C(=O)C1(N)CCCCC1.Cl.Cl. The molecule has 1 saturated carbocycles. The second-order valence-electron chi connectivity index (χ2n) is 7.20. The first kappa shape index (κ1) is 22.1. The zero-order chi connectivity index (χ0) is 16.3. The molecule has 0 bridgehead atoms. The van der Waals surface area contributed by atoms with Gasteiger partial charge in [-0.25, -0.2) is 0 Å². The van der Waals surface area contributed by atoms with Crippen molar-refractivity contribution in [2.75, 3.05) is 25.0 Å². The van der Waals surface area contributed by atoms with Gasteiger partial charge in [0.2, 0.25) is 5.91 Å². The molecule has 3 rings (SSSR count). The number of carbonyl (C=O) groups is 1. The number of hydrogen-bond donors (Lipinski definition) is 1. The molecule has 1 saturated heterocycles. The standard InChI is InChI=1S/C19H29N3O.2ClH/c1-21(18(23)19(20)11-5-2-6-12-19)15-16-9-3-4-10-17(16)22-13-7-8-14-22;;/h3-4,9-10H,2,5-8,11-15,20H2,1H3;2*1H. The Morgan fingerprint density at radius 3 is 2.32 bits per heavy atom. The van der Waals surface area contributed by atoms with Crippen molar-refractivity contribution in [3.05, 3.63) is 29.8 Å². The van der Waals surface area contributed by atoms with Crippen molar-refractivity contribution in [2.24, 2.45) is 5.73 Å². The van der Waals surface area contributed by atoms with Gasteiger partial charge in [-0.3, -0.25) is 4.79 Å². The van der Waals surface area contributed by atoms with Gasteiger partial charge in [-0.15, -0.1) is 24.8 Å². The summed E-state index contributed by atoms with van der Waals surface area (Å²) in [5, 5.41) is 0. The van der Waals surface area contributed by atoms with Crippen LogP contribution in [0.5, 0.6) is 0 Å². The molecular weight excluding hydrogens is 357 g/mol. The average Bonchev–Trinajstić information content (AvgIpc) is 3.09. The smallest absolute Gasteiger partial charge is 0.242 e. The lowest BCUT2D eigenvalue weighted by Crippen LogP contribution is -2.55. The number of benzene rings is 1. The molecule has 1 aromatic carbocycles. The Hall–Kier alpha value is -0.970. The van der Waals surface area contributed by atoms with Crippen LogP contribution in [0.3, 0.4) is 0 Å². The summed E-state index contributed by atoms with van der Waals surface area (Å²) in [7, 11) is 1.90. The van der Waals surface area contributed by atoms with Gasteiger partial charge in [0.05, 0.1) is 5.54 Å². The highest BCUT2D eigenvalue weighted by Gasteiger charge is 2.37. The van der Waals surface area contributed by atoms with E-state index in [9.17, 15) is 4.79 Å². The van der Waals surface area contributed by atoms with E-state index in [2.05, 4.69) is 29.2 Å². The number of nitrogens with two attached hydrogens (primary N) is 1. The van der Waals surface area contributed by atoms with Crippen LogP contribution < -0.4 is 10.6 Å². The molecule has 1 heterocycles. The minimum atomic E-state index is -0.643. The van der Waals surface area contributed by atoms with Gasteiger partial charge in [0.25, 0.3) is 0 Å². The van der Waals surface area contributed by atoms with E-state index in [1.807, 2.05) is 11.9 Å². The van der Waals surface area contributed by atoms with Gasteiger partial charge in [0.15, 0.2) is 0 Å². The van der Waals surface area contributed by atoms with Crippen molar-refractivity contribution in [1.29, 1.82) is 0 Å². The van der Waals surface area contributed by atoms with Crippen LogP contribution in [0.15, 0.2) is 24.3 Å². The molecule has 1 aromatic rings. The first-order valence-electron chi connectivity index (χ1n) is 8.97. The lowest BCUT2D eigenvalue weighted by molar-refractivity contribution is -0.137. The Bertz CT molecular complexity index is 555. The molecule has 4 nitrogen and oxygen atoms in total. The Kier molecular flexibility index (Phi) is 8.52. The van der Waals surface area contributed by atoms with Gasteiger partial charge in [0, 0.05) is 32.4 Å². The molecule has 0 aromatic heterocycles. The molecule has 6 heteroatoms. The molecule has 0 atom stereocenters. The van der Waals surface area contributed by atoms with E-state index in [1.165, 1.54) is 30.5 Å². The Balaban J connectivity index is 0.00000156. The van der Waals surface area contributed by atoms with Crippen molar-refractivity contribution in [2.45, 2.75) is 57.0 Å². The third-order valence-corrected chi connectivity index (χ3v) is 5.36. The Labute approximate surface area is 163 Å². The van der Waals surface area contributed by atoms with Crippen LogP contribution in [0.1, 0.15) is 50.5 Å². The van der Waals surface area contributed by atoms with Crippen molar-refractivity contribution in [1.82, 2.24) is 4.90 Å². The summed E-state index contributed by atoms with van der Waals surface area (Å²) < 4.78 is 0. The maximum Gasteiger partial charge on any atom is 0.242 e. The van der Waals surface area contributed by atoms with Crippen molar-refractivity contribution in [3.8, 4) is 0 Å². The zero-order valence-corrected chi connectivity index (χ0v) is 16.7. The van der Waals surface area contributed by atoms with Crippen LogP contribution in [0.4, 0.5) is 5.69 Å². The zero-order valence-electron chi connectivity index (χ0n) is 15.1.